The number of methoxy groups -OCH3 is 1. The standard InChI is InChI=1S/C22H22F3N5O4/c1-21(2)11-13-5-4-6-15(18(13)34-21)33-10-9-26-20(31)14-12-27-30(19(14)22(23,24)25)16-7-8-17(32-3)29-28-16/h4-8,12H,9-11H2,1-3H3,(H,26,31). The number of carbonyl (C=O) groups excluding carboxylic acids is 1. The molecule has 0 saturated heterocycles. The number of nitrogens with zero attached hydrogens (tertiary/aromatic N) is 4. The average molecular weight is 477 g/mol. The predicted octanol–water partition coefficient (Wildman–Crippen LogP) is 3.21. The number of aromatic nitrogens is 4. The molecule has 34 heavy (non-hydrogen) atoms. The summed E-state index contributed by atoms with van der Waals surface area (Å²) in [6.45, 7) is 3.93. The van der Waals surface area contributed by atoms with Crippen LogP contribution in [0.4, 0.5) is 13.2 Å². The van der Waals surface area contributed by atoms with Crippen molar-refractivity contribution in [2.45, 2.75) is 32.0 Å². The first kappa shape index (κ1) is 23.3. The minimum atomic E-state index is -4.87. The number of ether oxygens (including phenoxy) is 3. The summed E-state index contributed by atoms with van der Waals surface area (Å²) < 4.78 is 58.3. The summed E-state index contributed by atoms with van der Waals surface area (Å²) >= 11 is 0. The Morgan fingerprint density at radius 1 is 1.24 bits per heavy atom. The summed E-state index contributed by atoms with van der Waals surface area (Å²) in [6.07, 6.45) is -3.29. The lowest BCUT2D eigenvalue weighted by atomic mass is 10.0. The van der Waals surface area contributed by atoms with Gasteiger partial charge in [0.15, 0.2) is 23.0 Å². The van der Waals surface area contributed by atoms with Crippen molar-refractivity contribution in [2.24, 2.45) is 0 Å². The van der Waals surface area contributed by atoms with E-state index in [1.807, 2.05) is 26.0 Å². The Hall–Kier alpha value is -3.83. The minimum absolute atomic E-state index is 0.0310. The van der Waals surface area contributed by atoms with Crippen LogP contribution in [0, 0.1) is 0 Å². The van der Waals surface area contributed by atoms with Gasteiger partial charge >= 0.3 is 6.18 Å². The van der Waals surface area contributed by atoms with Crippen LogP contribution in [-0.4, -0.2) is 51.7 Å². The van der Waals surface area contributed by atoms with Crippen molar-refractivity contribution >= 4 is 5.91 Å². The second-order valence-corrected chi connectivity index (χ2v) is 8.14. The Morgan fingerprint density at radius 3 is 2.71 bits per heavy atom. The molecule has 1 amide bonds. The van der Waals surface area contributed by atoms with Crippen molar-refractivity contribution in [1.82, 2.24) is 25.3 Å². The molecule has 1 aliphatic heterocycles. The SMILES string of the molecule is COc1ccc(-n2ncc(C(=O)NCCOc3cccc4c3OC(C)(C)C4)c2C(F)(F)F)nn1. The summed E-state index contributed by atoms with van der Waals surface area (Å²) in [7, 11) is 1.35. The first-order valence-corrected chi connectivity index (χ1v) is 10.3. The monoisotopic (exact) mass is 477 g/mol. The lowest BCUT2D eigenvalue weighted by Gasteiger charge is -2.18. The van der Waals surface area contributed by atoms with E-state index in [1.165, 1.54) is 19.2 Å². The van der Waals surface area contributed by atoms with E-state index in [0.29, 0.717) is 16.2 Å². The fourth-order valence-corrected chi connectivity index (χ4v) is 3.62. The van der Waals surface area contributed by atoms with Gasteiger partial charge in [-0.3, -0.25) is 4.79 Å². The van der Waals surface area contributed by atoms with Crippen LogP contribution in [0.3, 0.4) is 0 Å². The molecular formula is C22H22F3N5O4. The molecule has 0 spiro atoms. The Morgan fingerprint density at radius 2 is 2.03 bits per heavy atom. The molecule has 0 bridgehead atoms. The van der Waals surface area contributed by atoms with Gasteiger partial charge in [-0.15, -0.1) is 10.2 Å². The Balaban J connectivity index is 1.44. The first-order chi connectivity index (χ1) is 16.1. The highest BCUT2D eigenvalue weighted by atomic mass is 19.4. The molecular weight excluding hydrogens is 455 g/mol. The van der Waals surface area contributed by atoms with Crippen molar-refractivity contribution in [2.75, 3.05) is 20.3 Å². The third-order valence-corrected chi connectivity index (χ3v) is 5.03. The Labute approximate surface area is 192 Å². The number of benzene rings is 1. The van der Waals surface area contributed by atoms with Crippen molar-refractivity contribution < 1.29 is 32.2 Å². The van der Waals surface area contributed by atoms with Gasteiger partial charge in [0.05, 0.1) is 25.4 Å². The zero-order valence-corrected chi connectivity index (χ0v) is 18.6. The van der Waals surface area contributed by atoms with Gasteiger partial charge in [-0.05, 0) is 26.0 Å². The van der Waals surface area contributed by atoms with Crippen molar-refractivity contribution in [1.29, 1.82) is 0 Å². The summed E-state index contributed by atoms with van der Waals surface area (Å²) in [4.78, 5) is 12.5. The van der Waals surface area contributed by atoms with E-state index in [4.69, 9.17) is 14.2 Å². The maximum absolute atomic E-state index is 13.8. The molecule has 0 radical (unpaired) electrons. The van der Waals surface area contributed by atoms with Crippen LogP contribution < -0.4 is 19.5 Å². The third-order valence-electron chi connectivity index (χ3n) is 5.03. The van der Waals surface area contributed by atoms with Crippen LogP contribution in [0.15, 0.2) is 36.5 Å². The van der Waals surface area contributed by atoms with Gasteiger partial charge in [0.2, 0.25) is 5.88 Å². The summed E-state index contributed by atoms with van der Waals surface area (Å²) in [5, 5.41) is 13.5. The van der Waals surface area contributed by atoms with Crippen molar-refractivity contribution in [3.05, 3.63) is 53.3 Å². The average Bonchev–Trinajstić information content (AvgIpc) is 3.37. The molecule has 0 unspecified atom stereocenters. The predicted molar refractivity (Wildman–Crippen MR) is 113 cm³/mol. The molecule has 9 nitrogen and oxygen atoms in total. The molecule has 1 N–H and O–H groups in total. The van der Waals surface area contributed by atoms with E-state index < -0.39 is 23.3 Å². The van der Waals surface area contributed by atoms with Gasteiger partial charge in [0.25, 0.3) is 5.91 Å². The maximum Gasteiger partial charge on any atom is 0.434 e. The lowest BCUT2D eigenvalue weighted by Crippen LogP contribution is -2.30. The highest BCUT2D eigenvalue weighted by Gasteiger charge is 2.41. The van der Waals surface area contributed by atoms with Crippen molar-refractivity contribution in [3.8, 4) is 23.2 Å². The molecule has 3 heterocycles. The number of carbonyl (C=O) groups is 1. The van der Waals surface area contributed by atoms with E-state index in [0.717, 1.165) is 18.2 Å². The number of hydrogen-bond donors (Lipinski definition) is 1. The number of rotatable bonds is 7. The summed E-state index contributed by atoms with van der Waals surface area (Å²) in [5.41, 5.74) is -1.24. The first-order valence-electron chi connectivity index (χ1n) is 10.3. The van der Waals surface area contributed by atoms with Gasteiger partial charge in [0, 0.05) is 18.1 Å². The minimum Gasteiger partial charge on any atom is -0.488 e. The molecule has 0 aliphatic carbocycles. The number of hydrogen-bond acceptors (Lipinski definition) is 7. The molecule has 1 aliphatic rings. The van der Waals surface area contributed by atoms with Gasteiger partial charge in [-0.2, -0.15) is 18.3 Å². The second-order valence-electron chi connectivity index (χ2n) is 8.14. The smallest absolute Gasteiger partial charge is 0.434 e. The Bertz CT molecular complexity index is 1190. The van der Waals surface area contributed by atoms with Crippen LogP contribution in [0.5, 0.6) is 17.4 Å². The van der Waals surface area contributed by atoms with Gasteiger partial charge < -0.3 is 19.5 Å². The zero-order chi connectivity index (χ0) is 24.5. The molecule has 0 saturated carbocycles. The van der Waals surface area contributed by atoms with Crippen LogP contribution >= 0.6 is 0 Å². The summed E-state index contributed by atoms with van der Waals surface area (Å²) in [5.74, 6) is 0.121. The number of halogens is 3. The van der Waals surface area contributed by atoms with E-state index in [-0.39, 0.29) is 30.5 Å². The molecule has 0 fully saturated rings. The normalized spacial score (nSPS) is 14.3. The molecule has 180 valence electrons. The molecule has 3 aromatic rings. The van der Waals surface area contributed by atoms with Crippen LogP contribution in [0.25, 0.3) is 5.82 Å². The zero-order valence-electron chi connectivity index (χ0n) is 18.6. The highest BCUT2D eigenvalue weighted by molar-refractivity contribution is 5.95. The molecule has 1 aromatic carbocycles. The third kappa shape index (κ3) is 4.75. The number of alkyl halides is 3. The van der Waals surface area contributed by atoms with Gasteiger partial charge in [-0.25, -0.2) is 4.68 Å². The van der Waals surface area contributed by atoms with E-state index in [9.17, 15) is 18.0 Å². The van der Waals surface area contributed by atoms with Crippen molar-refractivity contribution in [3.63, 3.8) is 0 Å². The Kier molecular flexibility index (Phi) is 6.07. The molecule has 12 heteroatoms. The number of fused-ring (bicyclic) bond motifs is 1. The molecule has 4 rings (SSSR count). The lowest BCUT2D eigenvalue weighted by molar-refractivity contribution is -0.143. The maximum atomic E-state index is 13.8. The number of amides is 1. The summed E-state index contributed by atoms with van der Waals surface area (Å²) in [6, 6.07) is 8.12. The van der Waals surface area contributed by atoms with Crippen LogP contribution in [0.1, 0.15) is 35.5 Å². The van der Waals surface area contributed by atoms with Crippen LogP contribution in [0.2, 0.25) is 0 Å². The van der Waals surface area contributed by atoms with E-state index in [2.05, 4.69) is 20.6 Å². The second kappa shape index (κ2) is 8.84. The van der Waals surface area contributed by atoms with Gasteiger partial charge in [0.1, 0.15) is 12.2 Å². The topological polar surface area (TPSA) is 100 Å². The van der Waals surface area contributed by atoms with Gasteiger partial charge in [-0.1, -0.05) is 12.1 Å². The largest absolute Gasteiger partial charge is 0.488 e. The van der Waals surface area contributed by atoms with E-state index in [1.54, 1.807) is 6.07 Å². The number of para-hydroxylation sites is 1. The van der Waals surface area contributed by atoms with E-state index >= 15 is 0 Å². The highest BCUT2D eigenvalue weighted by Crippen LogP contribution is 2.41. The quantitative estimate of drug-likeness (QED) is 0.522. The number of nitrogens with one attached hydrogen (secondary N) is 1. The fraction of sp³-hybridized carbons (Fsp3) is 0.364. The molecule has 0 atom stereocenters. The molecule has 2 aromatic heterocycles. The fourth-order valence-electron chi connectivity index (χ4n) is 3.62. The van der Waals surface area contributed by atoms with Crippen LogP contribution in [-0.2, 0) is 12.6 Å².